The molecule has 1 amide bonds. The van der Waals surface area contributed by atoms with Gasteiger partial charge in [-0.1, -0.05) is 13.0 Å². The standard InChI is InChI=1S/C20H25N5O5S/c1-6-12(23-19(27)30-20(2,3)4)17-22-13-8-7-9-14(31(5,28)29)16(13)18(26)25(17)15-10-11-21-24-15/h7-12H,6H2,1-5H3,(H,21,24)(H,23,27)/t12-/m0/s1. The minimum Gasteiger partial charge on any atom is -0.444 e. The largest absolute Gasteiger partial charge is 0.444 e. The summed E-state index contributed by atoms with van der Waals surface area (Å²) in [7, 11) is -3.68. The Morgan fingerprint density at radius 1 is 1.29 bits per heavy atom. The zero-order valence-corrected chi connectivity index (χ0v) is 18.8. The van der Waals surface area contributed by atoms with Crippen LogP contribution in [0.3, 0.4) is 0 Å². The molecule has 3 rings (SSSR count). The maximum atomic E-state index is 13.5. The summed E-state index contributed by atoms with van der Waals surface area (Å²) in [6.07, 6.45) is 2.24. The average molecular weight is 448 g/mol. The number of nitrogens with zero attached hydrogens (tertiary/aromatic N) is 3. The van der Waals surface area contributed by atoms with E-state index in [-0.39, 0.29) is 21.6 Å². The van der Waals surface area contributed by atoms with Crippen LogP contribution in [0.25, 0.3) is 16.7 Å². The third-order valence-electron chi connectivity index (χ3n) is 4.42. The molecule has 0 aliphatic carbocycles. The van der Waals surface area contributed by atoms with E-state index in [1.165, 1.54) is 22.9 Å². The van der Waals surface area contributed by atoms with E-state index in [1.807, 2.05) is 6.92 Å². The number of nitrogens with one attached hydrogen (secondary N) is 2. The molecule has 11 heteroatoms. The van der Waals surface area contributed by atoms with E-state index < -0.39 is 33.1 Å². The van der Waals surface area contributed by atoms with Crippen molar-refractivity contribution in [2.24, 2.45) is 0 Å². The summed E-state index contributed by atoms with van der Waals surface area (Å²) in [6, 6.07) is 5.33. The van der Waals surface area contributed by atoms with Crippen molar-refractivity contribution >= 4 is 26.8 Å². The van der Waals surface area contributed by atoms with E-state index in [4.69, 9.17) is 4.74 Å². The Kier molecular flexibility index (Phi) is 5.90. The SMILES string of the molecule is CC[C@H](NC(=O)OC(C)(C)C)c1nc2cccc(S(C)(=O)=O)c2c(=O)n1-c1ccn[nH]1. The van der Waals surface area contributed by atoms with E-state index in [0.717, 1.165) is 6.26 Å². The van der Waals surface area contributed by atoms with Crippen molar-refractivity contribution in [1.29, 1.82) is 0 Å². The second kappa shape index (κ2) is 8.14. The number of aromatic nitrogens is 4. The molecule has 0 aliphatic heterocycles. The first-order chi connectivity index (χ1) is 14.4. The van der Waals surface area contributed by atoms with Gasteiger partial charge in [0.15, 0.2) is 9.84 Å². The van der Waals surface area contributed by atoms with Crippen molar-refractivity contribution in [1.82, 2.24) is 25.1 Å². The predicted octanol–water partition coefficient (Wildman–Crippen LogP) is 2.49. The van der Waals surface area contributed by atoms with E-state index in [9.17, 15) is 18.0 Å². The summed E-state index contributed by atoms with van der Waals surface area (Å²) in [5.41, 5.74) is -1.08. The third-order valence-corrected chi connectivity index (χ3v) is 5.56. The van der Waals surface area contributed by atoms with Crippen LogP contribution in [0.1, 0.15) is 46.0 Å². The lowest BCUT2D eigenvalue weighted by Gasteiger charge is -2.24. The van der Waals surface area contributed by atoms with Gasteiger partial charge in [-0.25, -0.2) is 22.8 Å². The summed E-state index contributed by atoms with van der Waals surface area (Å²) in [5, 5.41) is 9.30. The molecule has 0 saturated carbocycles. The fourth-order valence-electron chi connectivity index (χ4n) is 3.16. The Labute approximate surface area is 179 Å². The van der Waals surface area contributed by atoms with Crippen molar-refractivity contribution in [3.8, 4) is 5.82 Å². The molecule has 2 N–H and O–H groups in total. The monoisotopic (exact) mass is 447 g/mol. The van der Waals surface area contributed by atoms with Crippen LogP contribution in [0.2, 0.25) is 0 Å². The van der Waals surface area contributed by atoms with Gasteiger partial charge in [-0.2, -0.15) is 5.10 Å². The Balaban J connectivity index is 2.27. The molecule has 166 valence electrons. The zero-order chi connectivity index (χ0) is 23.0. The van der Waals surface area contributed by atoms with Crippen molar-refractivity contribution in [3.05, 3.63) is 46.6 Å². The van der Waals surface area contributed by atoms with E-state index >= 15 is 0 Å². The molecule has 0 bridgehead atoms. The summed E-state index contributed by atoms with van der Waals surface area (Å²) in [6.45, 7) is 7.06. The number of ether oxygens (including phenoxy) is 1. The molecule has 2 heterocycles. The van der Waals surface area contributed by atoms with Crippen LogP contribution in [0.4, 0.5) is 4.79 Å². The summed E-state index contributed by atoms with van der Waals surface area (Å²) < 4.78 is 31.1. The van der Waals surface area contributed by atoms with Crippen molar-refractivity contribution < 1.29 is 17.9 Å². The number of amides is 1. The lowest BCUT2D eigenvalue weighted by molar-refractivity contribution is 0.0499. The molecule has 1 atom stereocenters. The fourth-order valence-corrected chi connectivity index (χ4v) is 4.05. The molecule has 31 heavy (non-hydrogen) atoms. The van der Waals surface area contributed by atoms with Gasteiger partial charge in [0.2, 0.25) is 0 Å². The average Bonchev–Trinajstić information content (AvgIpc) is 3.17. The van der Waals surface area contributed by atoms with Crippen LogP contribution in [0.5, 0.6) is 0 Å². The van der Waals surface area contributed by atoms with Gasteiger partial charge >= 0.3 is 6.09 Å². The van der Waals surface area contributed by atoms with E-state index in [2.05, 4.69) is 20.5 Å². The Hall–Kier alpha value is -3.21. The second-order valence-corrected chi connectivity index (χ2v) is 10.1. The number of sulfone groups is 1. The molecular weight excluding hydrogens is 422 g/mol. The molecule has 1 aromatic carbocycles. The van der Waals surface area contributed by atoms with Crippen molar-refractivity contribution in [3.63, 3.8) is 0 Å². The van der Waals surface area contributed by atoms with Gasteiger partial charge in [-0.15, -0.1) is 0 Å². The van der Waals surface area contributed by atoms with Gasteiger partial charge in [0, 0.05) is 12.3 Å². The molecule has 10 nitrogen and oxygen atoms in total. The molecule has 0 fully saturated rings. The van der Waals surface area contributed by atoms with E-state index in [1.54, 1.807) is 32.9 Å². The summed E-state index contributed by atoms with van der Waals surface area (Å²) in [5.74, 6) is 0.517. The smallest absolute Gasteiger partial charge is 0.408 e. The molecule has 0 saturated heterocycles. The highest BCUT2D eigenvalue weighted by molar-refractivity contribution is 7.91. The Morgan fingerprint density at radius 2 is 2.00 bits per heavy atom. The number of benzene rings is 1. The number of H-pyrrole nitrogens is 1. The first kappa shape index (κ1) is 22.5. The van der Waals surface area contributed by atoms with E-state index in [0.29, 0.717) is 12.2 Å². The molecule has 0 aliphatic rings. The topological polar surface area (TPSA) is 136 Å². The highest BCUT2D eigenvalue weighted by Gasteiger charge is 2.26. The lowest BCUT2D eigenvalue weighted by atomic mass is 10.1. The minimum absolute atomic E-state index is 0.0320. The minimum atomic E-state index is -3.68. The number of rotatable bonds is 5. The maximum Gasteiger partial charge on any atom is 0.408 e. The van der Waals surface area contributed by atoms with Gasteiger partial charge in [0.25, 0.3) is 5.56 Å². The molecule has 0 spiro atoms. The van der Waals surface area contributed by atoms with Gasteiger partial charge < -0.3 is 10.1 Å². The molecule has 0 unspecified atom stereocenters. The van der Waals surface area contributed by atoms with Crippen LogP contribution in [0.15, 0.2) is 40.2 Å². The van der Waals surface area contributed by atoms with Gasteiger partial charge in [0.05, 0.1) is 28.0 Å². The lowest BCUT2D eigenvalue weighted by Crippen LogP contribution is -2.38. The highest BCUT2D eigenvalue weighted by Crippen LogP contribution is 2.24. The number of fused-ring (bicyclic) bond motifs is 1. The number of carbonyl (C=O) groups is 1. The molecule has 3 aromatic rings. The van der Waals surface area contributed by atoms with Gasteiger partial charge in [0.1, 0.15) is 17.2 Å². The first-order valence-corrected chi connectivity index (χ1v) is 11.6. The van der Waals surface area contributed by atoms with Crippen LogP contribution in [0, 0.1) is 0 Å². The molecule has 0 radical (unpaired) electrons. The fraction of sp³-hybridized carbons (Fsp3) is 0.400. The third kappa shape index (κ3) is 4.76. The van der Waals surface area contributed by atoms with Crippen molar-refractivity contribution in [2.75, 3.05) is 6.26 Å². The number of aromatic amines is 1. The summed E-state index contributed by atoms with van der Waals surface area (Å²) in [4.78, 5) is 30.4. The Bertz CT molecular complexity index is 1270. The maximum absolute atomic E-state index is 13.5. The van der Waals surface area contributed by atoms with Crippen LogP contribution >= 0.6 is 0 Å². The summed E-state index contributed by atoms with van der Waals surface area (Å²) >= 11 is 0. The predicted molar refractivity (Wildman–Crippen MR) is 115 cm³/mol. The molecule has 2 aromatic heterocycles. The first-order valence-electron chi connectivity index (χ1n) is 9.67. The quantitative estimate of drug-likeness (QED) is 0.613. The van der Waals surface area contributed by atoms with Crippen LogP contribution in [-0.4, -0.2) is 46.1 Å². The second-order valence-electron chi connectivity index (χ2n) is 8.08. The molecular formula is C20H25N5O5S. The number of hydrogen-bond acceptors (Lipinski definition) is 7. The van der Waals surface area contributed by atoms with Crippen LogP contribution < -0.4 is 10.9 Å². The number of carbonyl (C=O) groups excluding carboxylic acids is 1. The van der Waals surface area contributed by atoms with Crippen LogP contribution in [-0.2, 0) is 14.6 Å². The number of hydrogen-bond donors (Lipinski definition) is 2. The van der Waals surface area contributed by atoms with Gasteiger partial charge in [-0.3, -0.25) is 9.89 Å². The zero-order valence-electron chi connectivity index (χ0n) is 18.0. The van der Waals surface area contributed by atoms with Crippen molar-refractivity contribution in [2.45, 2.75) is 50.7 Å². The number of alkyl carbamates (subject to hydrolysis) is 1. The normalized spacial score (nSPS) is 13.2. The Morgan fingerprint density at radius 3 is 2.55 bits per heavy atom. The highest BCUT2D eigenvalue weighted by atomic mass is 32.2. The van der Waals surface area contributed by atoms with Gasteiger partial charge in [-0.05, 0) is 39.3 Å².